The Bertz CT molecular complexity index is 246. The maximum absolute atomic E-state index is 12.0. The van der Waals surface area contributed by atoms with E-state index < -0.39 is 0 Å². The zero-order valence-electron chi connectivity index (χ0n) is 14.4. The Labute approximate surface area is 132 Å². The van der Waals surface area contributed by atoms with Gasteiger partial charge in [-0.2, -0.15) is 0 Å². The van der Waals surface area contributed by atoms with Gasteiger partial charge in [0.15, 0.2) is 0 Å². The average molecular weight is 296 g/mol. The van der Waals surface area contributed by atoms with Crippen LogP contribution in [0.15, 0.2) is 0 Å². The Kier molecular flexibility index (Phi) is 11.6. The molecule has 0 radical (unpaired) electrons. The highest BCUT2D eigenvalue weighted by molar-refractivity contribution is 5.76. The Hall–Kier alpha value is -0.530. The van der Waals surface area contributed by atoms with E-state index in [4.69, 9.17) is 0 Å². The number of unbranched alkanes of at least 4 members (excludes halogenated alkanes) is 10. The topological polar surface area (TPSA) is 20.3 Å². The molecule has 1 saturated heterocycles. The SMILES string of the molecule is CCCCCCCCCCCCCC(=O)N1CCCCC1. The van der Waals surface area contributed by atoms with Crippen molar-refractivity contribution in [3.8, 4) is 0 Å². The molecule has 0 atom stereocenters. The van der Waals surface area contributed by atoms with Crippen LogP contribution in [0.5, 0.6) is 0 Å². The monoisotopic (exact) mass is 295 g/mol. The smallest absolute Gasteiger partial charge is 0.222 e. The van der Waals surface area contributed by atoms with Crippen LogP contribution in [0.1, 0.15) is 103 Å². The van der Waals surface area contributed by atoms with Crippen LogP contribution < -0.4 is 0 Å². The van der Waals surface area contributed by atoms with Crippen LogP contribution >= 0.6 is 0 Å². The fourth-order valence-electron chi connectivity index (χ4n) is 3.24. The summed E-state index contributed by atoms with van der Waals surface area (Å²) in [7, 11) is 0. The molecule has 0 bridgehead atoms. The number of carbonyl (C=O) groups excluding carboxylic acids is 1. The lowest BCUT2D eigenvalue weighted by molar-refractivity contribution is -0.132. The molecule has 1 aliphatic heterocycles. The van der Waals surface area contributed by atoms with Crippen molar-refractivity contribution >= 4 is 5.91 Å². The van der Waals surface area contributed by atoms with E-state index in [2.05, 4.69) is 11.8 Å². The Balaban J connectivity index is 1.80. The lowest BCUT2D eigenvalue weighted by atomic mass is 10.0. The van der Waals surface area contributed by atoms with Gasteiger partial charge in [0, 0.05) is 19.5 Å². The molecule has 1 rings (SSSR count). The van der Waals surface area contributed by atoms with E-state index in [-0.39, 0.29) is 0 Å². The number of piperidine rings is 1. The highest BCUT2D eigenvalue weighted by atomic mass is 16.2. The van der Waals surface area contributed by atoms with Gasteiger partial charge in [-0.05, 0) is 25.7 Å². The fourth-order valence-corrected chi connectivity index (χ4v) is 3.24. The molecular weight excluding hydrogens is 258 g/mol. The van der Waals surface area contributed by atoms with Gasteiger partial charge in [-0.3, -0.25) is 4.79 Å². The molecule has 0 N–H and O–H groups in total. The summed E-state index contributed by atoms with van der Waals surface area (Å²) in [6, 6.07) is 0. The second-order valence-electron chi connectivity index (χ2n) is 6.73. The van der Waals surface area contributed by atoms with Crippen LogP contribution in [0.2, 0.25) is 0 Å². The minimum absolute atomic E-state index is 0.408. The predicted molar refractivity (Wildman–Crippen MR) is 91.5 cm³/mol. The number of nitrogens with zero attached hydrogens (tertiary/aromatic N) is 1. The van der Waals surface area contributed by atoms with Crippen LogP contribution in [0.25, 0.3) is 0 Å². The third kappa shape index (κ3) is 9.92. The minimum atomic E-state index is 0.408. The number of amides is 1. The first-order valence-electron chi connectivity index (χ1n) is 9.62. The molecule has 0 aromatic heterocycles. The normalized spacial score (nSPS) is 15.4. The molecular formula is C19H37NO. The zero-order valence-corrected chi connectivity index (χ0v) is 14.4. The molecule has 124 valence electrons. The van der Waals surface area contributed by atoms with Crippen LogP contribution in [0.3, 0.4) is 0 Å². The van der Waals surface area contributed by atoms with Crippen molar-refractivity contribution in [2.75, 3.05) is 13.1 Å². The van der Waals surface area contributed by atoms with Crippen molar-refractivity contribution in [3.05, 3.63) is 0 Å². The number of rotatable bonds is 12. The molecule has 1 aliphatic rings. The first kappa shape index (κ1) is 18.5. The lowest BCUT2D eigenvalue weighted by Crippen LogP contribution is -2.35. The van der Waals surface area contributed by atoms with Crippen molar-refractivity contribution < 1.29 is 4.79 Å². The molecule has 0 saturated carbocycles. The Morgan fingerprint density at radius 1 is 0.714 bits per heavy atom. The van der Waals surface area contributed by atoms with Crippen molar-refractivity contribution in [2.24, 2.45) is 0 Å². The highest BCUT2D eigenvalue weighted by Crippen LogP contribution is 2.14. The van der Waals surface area contributed by atoms with E-state index in [9.17, 15) is 4.79 Å². The average Bonchev–Trinajstić information content (AvgIpc) is 2.53. The van der Waals surface area contributed by atoms with Gasteiger partial charge in [0.25, 0.3) is 0 Å². The number of likely N-dealkylation sites (tertiary alicyclic amines) is 1. The molecule has 1 fully saturated rings. The summed E-state index contributed by atoms with van der Waals surface area (Å²) in [5.41, 5.74) is 0. The maximum atomic E-state index is 12.0. The highest BCUT2D eigenvalue weighted by Gasteiger charge is 2.15. The van der Waals surface area contributed by atoms with Crippen LogP contribution in [-0.4, -0.2) is 23.9 Å². The minimum Gasteiger partial charge on any atom is -0.343 e. The van der Waals surface area contributed by atoms with Crippen LogP contribution in [0.4, 0.5) is 0 Å². The zero-order chi connectivity index (χ0) is 15.2. The third-order valence-corrected chi connectivity index (χ3v) is 4.70. The van der Waals surface area contributed by atoms with E-state index >= 15 is 0 Å². The quantitative estimate of drug-likeness (QED) is 0.423. The molecule has 1 heterocycles. The van der Waals surface area contributed by atoms with Gasteiger partial charge in [-0.25, -0.2) is 0 Å². The Morgan fingerprint density at radius 3 is 1.71 bits per heavy atom. The van der Waals surface area contributed by atoms with E-state index in [1.807, 2.05) is 0 Å². The van der Waals surface area contributed by atoms with Gasteiger partial charge in [0.2, 0.25) is 5.91 Å². The largest absolute Gasteiger partial charge is 0.343 e. The third-order valence-electron chi connectivity index (χ3n) is 4.70. The summed E-state index contributed by atoms with van der Waals surface area (Å²) in [5, 5.41) is 0. The first-order valence-corrected chi connectivity index (χ1v) is 9.62. The van der Waals surface area contributed by atoms with Gasteiger partial charge in [0.05, 0.1) is 0 Å². The molecule has 0 spiro atoms. The molecule has 0 aromatic rings. The van der Waals surface area contributed by atoms with Gasteiger partial charge in [-0.15, -0.1) is 0 Å². The summed E-state index contributed by atoms with van der Waals surface area (Å²) >= 11 is 0. The Morgan fingerprint density at radius 2 is 1.19 bits per heavy atom. The van der Waals surface area contributed by atoms with E-state index in [1.54, 1.807) is 0 Å². The number of hydrogen-bond donors (Lipinski definition) is 0. The molecule has 1 amide bonds. The summed E-state index contributed by atoms with van der Waals surface area (Å²) in [6.07, 6.45) is 19.4. The standard InChI is InChI=1S/C19H37NO/c1-2-3-4-5-6-7-8-9-10-11-13-16-19(21)20-17-14-12-15-18-20/h2-18H2,1H3. The molecule has 2 heteroatoms. The number of hydrogen-bond acceptors (Lipinski definition) is 1. The van der Waals surface area contributed by atoms with Gasteiger partial charge in [0.1, 0.15) is 0 Å². The molecule has 0 unspecified atom stereocenters. The van der Waals surface area contributed by atoms with Crippen LogP contribution in [-0.2, 0) is 4.79 Å². The lowest BCUT2D eigenvalue weighted by Gasteiger charge is -2.26. The van der Waals surface area contributed by atoms with Crippen molar-refractivity contribution in [2.45, 2.75) is 103 Å². The maximum Gasteiger partial charge on any atom is 0.222 e. The fraction of sp³-hybridized carbons (Fsp3) is 0.947. The van der Waals surface area contributed by atoms with E-state index in [0.717, 1.165) is 25.9 Å². The van der Waals surface area contributed by atoms with Gasteiger partial charge in [-0.1, -0.05) is 71.1 Å². The molecule has 0 aliphatic carbocycles. The summed E-state index contributed by atoms with van der Waals surface area (Å²) in [6.45, 7) is 4.30. The van der Waals surface area contributed by atoms with E-state index in [1.165, 1.54) is 83.5 Å². The predicted octanol–water partition coefficient (Wildman–Crippen LogP) is 5.70. The van der Waals surface area contributed by atoms with Crippen LogP contribution in [0, 0.1) is 0 Å². The molecule has 21 heavy (non-hydrogen) atoms. The van der Waals surface area contributed by atoms with Gasteiger partial charge < -0.3 is 4.90 Å². The van der Waals surface area contributed by atoms with Crippen molar-refractivity contribution in [1.29, 1.82) is 0 Å². The number of carbonyl (C=O) groups is 1. The first-order chi connectivity index (χ1) is 10.3. The second-order valence-corrected chi connectivity index (χ2v) is 6.73. The van der Waals surface area contributed by atoms with Crippen molar-refractivity contribution in [1.82, 2.24) is 4.90 Å². The molecule has 0 aromatic carbocycles. The summed E-state index contributed by atoms with van der Waals surface area (Å²) in [4.78, 5) is 14.1. The molecule has 2 nitrogen and oxygen atoms in total. The van der Waals surface area contributed by atoms with E-state index in [0.29, 0.717) is 5.91 Å². The van der Waals surface area contributed by atoms with Crippen molar-refractivity contribution in [3.63, 3.8) is 0 Å². The second kappa shape index (κ2) is 13.2. The summed E-state index contributed by atoms with van der Waals surface area (Å²) in [5.74, 6) is 0.408. The van der Waals surface area contributed by atoms with Gasteiger partial charge >= 0.3 is 0 Å². The summed E-state index contributed by atoms with van der Waals surface area (Å²) < 4.78 is 0.